The monoisotopic (exact) mass is 331 g/mol. The maximum Gasteiger partial charge on any atom is 0.274 e. The highest BCUT2D eigenvalue weighted by molar-refractivity contribution is 6.30. The fourth-order valence-corrected chi connectivity index (χ4v) is 2.15. The van der Waals surface area contributed by atoms with E-state index in [0.29, 0.717) is 17.1 Å². The topological polar surface area (TPSA) is 71.1 Å². The zero-order valence-electron chi connectivity index (χ0n) is 13.0. The molecule has 1 aromatic heterocycles. The highest BCUT2D eigenvalue weighted by Gasteiger charge is 2.09. The van der Waals surface area contributed by atoms with Crippen molar-refractivity contribution in [3.8, 4) is 0 Å². The van der Waals surface area contributed by atoms with Crippen molar-refractivity contribution in [3.63, 3.8) is 0 Å². The zero-order valence-corrected chi connectivity index (χ0v) is 13.7. The molecule has 0 fully saturated rings. The molecule has 6 heteroatoms. The number of rotatable bonds is 5. The Balaban J connectivity index is 1.97. The van der Waals surface area contributed by atoms with Gasteiger partial charge < -0.3 is 10.6 Å². The summed E-state index contributed by atoms with van der Waals surface area (Å²) in [6.07, 6.45) is 1.79. The first-order chi connectivity index (χ1) is 10.9. The van der Waals surface area contributed by atoms with Crippen molar-refractivity contribution in [1.29, 1.82) is 0 Å². The van der Waals surface area contributed by atoms with Crippen LogP contribution in [0.1, 0.15) is 29.9 Å². The molecule has 23 heavy (non-hydrogen) atoms. The number of hydrogen-bond donors (Lipinski definition) is 2. The predicted molar refractivity (Wildman–Crippen MR) is 90.6 cm³/mol. The summed E-state index contributed by atoms with van der Waals surface area (Å²) >= 11 is 5.84. The average Bonchev–Trinajstić information content (AvgIpc) is 2.48. The van der Waals surface area contributed by atoms with Crippen molar-refractivity contribution >= 4 is 29.1 Å². The summed E-state index contributed by atoms with van der Waals surface area (Å²) in [6.45, 7) is 3.83. The van der Waals surface area contributed by atoms with Crippen molar-refractivity contribution in [3.05, 3.63) is 58.9 Å². The summed E-state index contributed by atoms with van der Waals surface area (Å²) in [5, 5.41) is 6.03. The molecular weight excluding hydrogens is 314 g/mol. The van der Waals surface area contributed by atoms with E-state index >= 15 is 0 Å². The minimum Gasteiger partial charge on any atom is -0.354 e. The largest absolute Gasteiger partial charge is 0.354 e. The lowest BCUT2D eigenvalue weighted by atomic mass is 10.1. The molecule has 2 aromatic rings. The molecular formula is C17H18ClN3O2. The Bertz CT molecular complexity index is 699. The fourth-order valence-electron chi connectivity index (χ4n) is 1.99. The van der Waals surface area contributed by atoms with Gasteiger partial charge in [0, 0.05) is 22.9 Å². The van der Waals surface area contributed by atoms with Crippen LogP contribution in [-0.4, -0.2) is 22.8 Å². The normalized spacial score (nSPS) is 10.4. The fraction of sp³-hybridized carbons (Fsp3) is 0.235. The molecule has 0 aliphatic heterocycles. The van der Waals surface area contributed by atoms with E-state index in [0.717, 1.165) is 5.56 Å². The quantitative estimate of drug-likeness (QED) is 0.884. The molecule has 5 nitrogen and oxygen atoms in total. The summed E-state index contributed by atoms with van der Waals surface area (Å²) in [7, 11) is 0. The van der Waals surface area contributed by atoms with Gasteiger partial charge in [0.2, 0.25) is 5.91 Å². The summed E-state index contributed by atoms with van der Waals surface area (Å²) in [6, 6.07) is 10.3. The third-order valence-electron chi connectivity index (χ3n) is 2.98. The van der Waals surface area contributed by atoms with E-state index in [2.05, 4.69) is 15.6 Å². The Hall–Kier alpha value is -2.40. The van der Waals surface area contributed by atoms with Gasteiger partial charge in [0.05, 0.1) is 6.42 Å². The Labute approximate surface area is 140 Å². The standard InChI is InChI=1S/C17H18ClN3O2/c1-11(2)20-16(22)9-12-3-5-14(6-4-12)21-17(23)15-10-13(18)7-8-19-15/h3-8,10-11H,9H2,1-2H3,(H,20,22)(H,21,23). The van der Waals surface area contributed by atoms with Gasteiger partial charge in [-0.25, -0.2) is 0 Å². The number of nitrogens with one attached hydrogen (secondary N) is 2. The van der Waals surface area contributed by atoms with Crippen molar-refractivity contribution in [2.24, 2.45) is 0 Å². The Morgan fingerprint density at radius 2 is 1.87 bits per heavy atom. The highest BCUT2D eigenvalue weighted by Crippen LogP contribution is 2.13. The minimum absolute atomic E-state index is 0.0279. The van der Waals surface area contributed by atoms with Gasteiger partial charge in [0.1, 0.15) is 5.69 Å². The van der Waals surface area contributed by atoms with E-state index in [4.69, 9.17) is 11.6 Å². The third kappa shape index (κ3) is 5.38. The van der Waals surface area contributed by atoms with E-state index in [1.54, 1.807) is 30.3 Å². The summed E-state index contributed by atoms with van der Waals surface area (Å²) in [4.78, 5) is 27.7. The third-order valence-corrected chi connectivity index (χ3v) is 3.22. The van der Waals surface area contributed by atoms with Crippen molar-refractivity contribution < 1.29 is 9.59 Å². The number of nitrogens with zero attached hydrogens (tertiary/aromatic N) is 1. The molecule has 0 radical (unpaired) electrons. The van der Waals surface area contributed by atoms with Crippen LogP contribution in [0.2, 0.25) is 5.02 Å². The average molecular weight is 332 g/mol. The minimum atomic E-state index is -0.335. The zero-order chi connectivity index (χ0) is 16.8. The second-order valence-corrected chi connectivity index (χ2v) is 5.85. The first-order valence-electron chi connectivity index (χ1n) is 7.25. The number of pyridine rings is 1. The summed E-state index contributed by atoms with van der Waals surface area (Å²) < 4.78 is 0. The lowest BCUT2D eigenvalue weighted by molar-refractivity contribution is -0.120. The number of hydrogen-bond acceptors (Lipinski definition) is 3. The number of benzene rings is 1. The molecule has 0 saturated heterocycles. The van der Waals surface area contributed by atoms with E-state index in [9.17, 15) is 9.59 Å². The van der Waals surface area contributed by atoms with E-state index < -0.39 is 0 Å². The maximum absolute atomic E-state index is 12.1. The molecule has 2 N–H and O–H groups in total. The number of aromatic nitrogens is 1. The Morgan fingerprint density at radius 3 is 2.48 bits per heavy atom. The molecule has 0 aliphatic rings. The van der Waals surface area contributed by atoms with Crippen molar-refractivity contribution in [1.82, 2.24) is 10.3 Å². The van der Waals surface area contributed by atoms with Gasteiger partial charge in [-0.2, -0.15) is 0 Å². The van der Waals surface area contributed by atoms with Gasteiger partial charge in [-0.3, -0.25) is 14.6 Å². The molecule has 2 rings (SSSR count). The second kappa shape index (κ2) is 7.74. The van der Waals surface area contributed by atoms with Crippen LogP contribution in [0, 0.1) is 0 Å². The lowest BCUT2D eigenvalue weighted by Crippen LogP contribution is -2.31. The van der Waals surface area contributed by atoms with Crippen LogP contribution in [-0.2, 0) is 11.2 Å². The van der Waals surface area contributed by atoms with Gasteiger partial charge in [-0.15, -0.1) is 0 Å². The first kappa shape index (κ1) is 17.0. The highest BCUT2D eigenvalue weighted by atomic mass is 35.5. The van der Waals surface area contributed by atoms with Crippen LogP contribution in [0.3, 0.4) is 0 Å². The number of carbonyl (C=O) groups excluding carboxylic acids is 2. The second-order valence-electron chi connectivity index (χ2n) is 5.41. The molecule has 0 atom stereocenters. The number of anilines is 1. The lowest BCUT2D eigenvalue weighted by Gasteiger charge is -2.09. The maximum atomic E-state index is 12.1. The van der Waals surface area contributed by atoms with Crippen LogP contribution < -0.4 is 10.6 Å². The van der Waals surface area contributed by atoms with Gasteiger partial charge in [-0.05, 0) is 43.7 Å². The van der Waals surface area contributed by atoms with Crippen LogP contribution in [0.4, 0.5) is 5.69 Å². The summed E-state index contributed by atoms with van der Waals surface area (Å²) in [5.74, 6) is -0.363. The first-order valence-corrected chi connectivity index (χ1v) is 7.63. The van der Waals surface area contributed by atoms with Gasteiger partial charge in [-0.1, -0.05) is 23.7 Å². The predicted octanol–water partition coefficient (Wildman–Crippen LogP) is 3.05. The molecule has 120 valence electrons. The van der Waals surface area contributed by atoms with Crippen LogP contribution >= 0.6 is 11.6 Å². The molecule has 2 amide bonds. The molecule has 1 aromatic carbocycles. The van der Waals surface area contributed by atoms with Crippen molar-refractivity contribution in [2.75, 3.05) is 5.32 Å². The van der Waals surface area contributed by atoms with Crippen LogP contribution in [0.5, 0.6) is 0 Å². The molecule has 0 saturated carbocycles. The van der Waals surface area contributed by atoms with Crippen molar-refractivity contribution in [2.45, 2.75) is 26.3 Å². The van der Waals surface area contributed by atoms with E-state index in [1.807, 2.05) is 13.8 Å². The van der Waals surface area contributed by atoms with Crippen LogP contribution in [0.15, 0.2) is 42.6 Å². The Morgan fingerprint density at radius 1 is 1.17 bits per heavy atom. The molecule has 0 bridgehead atoms. The Kier molecular flexibility index (Phi) is 5.71. The SMILES string of the molecule is CC(C)NC(=O)Cc1ccc(NC(=O)c2cc(Cl)ccn2)cc1. The van der Waals surface area contributed by atoms with E-state index in [-0.39, 0.29) is 23.6 Å². The molecule has 0 spiro atoms. The smallest absolute Gasteiger partial charge is 0.274 e. The number of halogens is 1. The molecule has 0 unspecified atom stereocenters. The van der Waals surface area contributed by atoms with Gasteiger partial charge >= 0.3 is 0 Å². The molecule has 1 heterocycles. The number of amides is 2. The number of carbonyl (C=O) groups is 2. The molecule has 0 aliphatic carbocycles. The van der Waals surface area contributed by atoms with E-state index in [1.165, 1.54) is 12.3 Å². The van der Waals surface area contributed by atoms with Crippen LogP contribution in [0.25, 0.3) is 0 Å². The van der Waals surface area contributed by atoms with Gasteiger partial charge in [0.25, 0.3) is 5.91 Å². The van der Waals surface area contributed by atoms with Gasteiger partial charge in [0.15, 0.2) is 0 Å². The summed E-state index contributed by atoms with van der Waals surface area (Å²) in [5.41, 5.74) is 1.75.